The molecule has 0 aromatic heterocycles. The Bertz CT molecular complexity index is 362. The van der Waals surface area contributed by atoms with Crippen LogP contribution in [0.25, 0.3) is 0 Å². The molecule has 0 saturated heterocycles. The zero-order chi connectivity index (χ0) is 9.26. The Labute approximate surface area is 80.5 Å². The molecule has 0 amide bonds. The van der Waals surface area contributed by atoms with Crippen LogP contribution in [0.1, 0.15) is 5.56 Å². The highest BCUT2D eigenvalue weighted by atomic mass is 32.2. The highest BCUT2D eigenvalue weighted by Gasteiger charge is 2.24. The van der Waals surface area contributed by atoms with Crippen molar-refractivity contribution in [3.8, 4) is 0 Å². The smallest absolute Gasteiger partial charge is 0.128 e. The monoisotopic (exact) mass is 193 g/mol. The molecule has 0 unspecified atom stereocenters. The molecule has 2 nitrogen and oxygen atoms in total. The van der Waals surface area contributed by atoms with E-state index >= 15 is 0 Å². The summed E-state index contributed by atoms with van der Waals surface area (Å²) in [6.07, 6.45) is 1.78. The van der Waals surface area contributed by atoms with E-state index in [0.717, 1.165) is 11.4 Å². The molecule has 1 atom stereocenters. The molecule has 68 valence electrons. The standard InChI is InChI=1S/C10H11NOS/c1-2-7-11-8-9-5-3-4-6-10(9)13(11)12/h2-6H,1,7-8H2/t13-/m0/s1. The Kier molecular flexibility index (Phi) is 2.29. The van der Waals surface area contributed by atoms with Crippen LogP contribution in [0.5, 0.6) is 0 Å². The third kappa shape index (κ3) is 1.45. The van der Waals surface area contributed by atoms with E-state index in [9.17, 15) is 4.21 Å². The number of nitrogens with zero attached hydrogens (tertiary/aromatic N) is 1. The van der Waals surface area contributed by atoms with Crippen LogP contribution in [-0.4, -0.2) is 15.1 Å². The highest BCUT2D eigenvalue weighted by Crippen LogP contribution is 2.25. The Balaban J connectivity index is 2.32. The molecule has 1 aromatic carbocycles. The van der Waals surface area contributed by atoms with Gasteiger partial charge >= 0.3 is 0 Å². The zero-order valence-corrected chi connectivity index (χ0v) is 8.09. The van der Waals surface area contributed by atoms with Gasteiger partial charge in [0.05, 0.1) is 4.90 Å². The molecular weight excluding hydrogens is 182 g/mol. The van der Waals surface area contributed by atoms with Gasteiger partial charge in [0.2, 0.25) is 0 Å². The second kappa shape index (κ2) is 3.44. The molecule has 13 heavy (non-hydrogen) atoms. The normalized spacial score (nSPS) is 21.4. The van der Waals surface area contributed by atoms with Crippen LogP contribution >= 0.6 is 0 Å². The van der Waals surface area contributed by atoms with Crippen molar-refractivity contribution < 1.29 is 4.21 Å². The quantitative estimate of drug-likeness (QED) is 0.655. The Morgan fingerprint density at radius 3 is 3.00 bits per heavy atom. The summed E-state index contributed by atoms with van der Waals surface area (Å²) < 4.78 is 13.7. The molecule has 0 spiro atoms. The van der Waals surface area contributed by atoms with Crippen molar-refractivity contribution >= 4 is 11.0 Å². The Morgan fingerprint density at radius 1 is 1.54 bits per heavy atom. The average molecular weight is 193 g/mol. The number of benzene rings is 1. The van der Waals surface area contributed by atoms with Crippen molar-refractivity contribution in [2.24, 2.45) is 0 Å². The molecule has 0 saturated carbocycles. The van der Waals surface area contributed by atoms with Crippen LogP contribution in [0.4, 0.5) is 0 Å². The first-order valence-corrected chi connectivity index (χ1v) is 5.29. The van der Waals surface area contributed by atoms with Gasteiger partial charge in [0.1, 0.15) is 11.0 Å². The third-order valence-electron chi connectivity index (χ3n) is 2.07. The van der Waals surface area contributed by atoms with Crippen LogP contribution in [0.15, 0.2) is 41.8 Å². The molecule has 3 heteroatoms. The van der Waals surface area contributed by atoms with Gasteiger partial charge in [-0.15, -0.1) is 6.58 Å². The van der Waals surface area contributed by atoms with Crippen molar-refractivity contribution in [1.29, 1.82) is 0 Å². The Hall–Kier alpha value is -0.930. The van der Waals surface area contributed by atoms with Gasteiger partial charge in [-0.2, -0.15) is 0 Å². The molecule has 2 rings (SSSR count). The summed E-state index contributed by atoms with van der Waals surface area (Å²) in [5, 5.41) is 0. The van der Waals surface area contributed by atoms with Crippen LogP contribution in [-0.2, 0) is 17.5 Å². The summed E-state index contributed by atoms with van der Waals surface area (Å²) in [5.41, 5.74) is 1.17. The van der Waals surface area contributed by atoms with Crippen molar-refractivity contribution in [2.75, 3.05) is 6.54 Å². The largest absolute Gasteiger partial charge is 0.237 e. The molecule has 1 heterocycles. The van der Waals surface area contributed by atoms with E-state index in [-0.39, 0.29) is 0 Å². The van der Waals surface area contributed by atoms with Gasteiger partial charge in [0.15, 0.2) is 0 Å². The van der Waals surface area contributed by atoms with E-state index in [1.807, 2.05) is 28.6 Å². The first-order valence-electron chi connectivity index (χ1n) is 4.18. The van der Waals surface area contributed by atoms with Gasteiger partial charge in [-0.05, 0) is 11.6 Å². The van der Waals surface area contributed by atoms with Gasteiger partial charge in [-0.1, -0.05) is 24.3 Å². The van der Waals surface area contributed by atoms with Gasteiger partial charge in [0.25, 0.3) is 0 Å². The maximum atomic E-state index is 11.8. The lowest BCUT2D eigenvalue weighted by Gasteiger charge is -2.08. The number of fused-ring (bicyclic) bond motifs is 1. The summed E-state index contributed by atoms with van der Waals surface area (Å²) >= 11 is 0. The molecule has 0 N–H and O–H groups in total. The maximum Gasteiger partial charge on any atom is 0.128 e. The molecule has 0 bridgehead atoms. The first kappa shape index (κ1) is 8.66. The van der Waals surface area contributed by atoms with Crippen LogP contribution < -0.4 is 0 Å². The van der Waals surface area contributed by atoms with Crippen molar-refractivity contribution in [3.05, 3.63) is 42.5 Å². The van der Waals surface area contributed by atoms with Gasteiger partial charge in [0, 0.05) is 13.1 Å². The Morgan fingerprint density at radius 2 is 2.31 bits per heavy atom. The fourth-order valence-electron chi connectivity index (χ4n) is 1.47. The van der Waals surface area contributed by atoms with Crippen molar-refractivity contribution in [1.82, 2.24) is 4.31 Å². The van der Waals surface area contributed by atoms with E-state index in [1.54, 1.807) is 6.08 Å². The fourth-order valence-corrected chi connectivity index (χ4v) is 2.80. The zero-order valence-electron chi connectivity index (χ0n) is 7.27. The number of rotatable bonds is 2. The second-order valence-electron chi connectivity index (χ2n) is 2.97. The second-order valence-corrected chi connectivity index (χ2v) is 4.42. The lowest BCUT2D eigenvalue weighted by Crippen LogP contribution is -2.18. The van der Waals surface area contributed by atoms with Crippen molar-refractivity contribution in [3.63, 3.8) is 0 Å². The van der Waals surface area contributed by atoms with Crippen LogP contribution in [0, 0.1) is 0 Å². The van der Waals surface area contributed by atoms with E-state index in [2.05, 4.69) is 6.58 Å². The van der Waals surface area contributed by atoms with E-state index in [0.29, 0.717) is 6.54 Å². The van der Waals surface area contributed by atoms with Gasteiger partial charge in [-0.25, -0.2) is 8.51 Å². The third-order valence-corrected chi connectivity index (χ3v) is 3.60. The first-order chi connectivity index (χ1) is 6.33. The maximum absolute atomic E-state index is 11.8. The van der Waals surface area contributed by atoms with Crippen LogP contribution in [0.3, 0.4) is 0 Å². The lowest BCUT2D eigenvalue weighted by molar-refractivity contribution is 0.501. The summed E-state index contributed by atoms with van der Waals surface area (Å²) in [6.45, 7) is 5.10. The summed E-state index contributed by atoms with van der Waals surface area (Å²) in [4.78, 5) is 0.948. The van der Waals surface area contributed by atoms with E-state index in [4.69, 9.17) is 0 Å². The summed E-state index contributed by atoms with van der Waals surface area (Å²) in [7, 11) is -0.973. The fraction of sp³-hybridized carbons (Fsp3) is 0.200. The topological polar surface area (TPSA) is 20.3 Å². The molecule has 0 radical (unpaired) electrons. The SMILES string of the molecule is C=CCN1Cc2ccccc2[S@@]1=O. The number of hydrogen-bond donors (Lipinski definition) is 0. The predicted octanol–water partition coefficient (Wildman–Crippen LogP) is 1.71. The molecule has 1 aliphatic heterocycles. The summed E-state index contributed by atoms with van der Waals surface area (Å²) in [6, 6.07) is 7.85. The van der Waals surface area contributed by atoms with Gasteiger partial charge < -0.3 is 0 Å². The molecule has 0 aliphatic carbocycles. The average Bonchev–Trinajstić information content (AvgIpc) is 2.46. The molecular formula is C10H11NOS. The molecule has 1 aliphatic rings. The van der Waals surface area contributed by atoms with Crippen LogP contribution in [0.2, 0.25) is 0 Å². The highest BCUT2D eigenvalue weighted by molar-refractivity contribution is 7.83. The minimum absolute atomic E-state index is 0.682. The molecule has 0 fully saturated rings. The summed E-state index contributed by atoms with van der Waals surface area (Å²) in [5.74, 6) is 0. The molecule has 1 aromatic rings. The minimum atomic E-state index is -0.973. The van der Waals surface area contributed by atoms with E-state index in [1.165, 1.54) is 5.56 Å². The van der Waals surface area contributed by atoms with E-state index < -0.39 is 11.0 Å². The van der Waals surface area contributed by atoms with Crippen molar-refractivity contribution in [2.45, 2.75) is 11.4 Å². The minimum Gasteiger partial charge on any atom is -0.237 e. The predicted molar refractivity (Wildman–Crippen MR) is 53.5 cm³/mol. The lowest BCUT2D eigenvalue weighted by atomic mass is 10.2. The number of hydrogen-bond acceptors (Lipinski definition) is 1. The van der Waals surface area contributed by atoms with Gasteiger partial charge in [-0.3, -0.25) is 0 Å².